The highest BCUT2D eigenvalue weighted by Crippen LogP contribution is 2.11. The highest BCUT2D eigenvalue weighted by atomic mass is 19.1. The number of hydrogen-bond donors (Lipinski definition) is 5. The van der Waals surface area contributed by atoms with Gasteiger partial charge in [0.05, 0.1) is 6.20 Å². The molecule has 8 N–H and O–H groups in total. The Morgan fingerprint density at radius 1 is 1.61 bits per heavy atom. The van der Waals surface area contributed by atoms with E-state index in [1.807, 2.05) is 0 Å². The smallest absolute Gasteiger partial charge is 0.151 e. The minimum atomic E-state index is -0.611. The number of halogens is 1. The molecule has 7 nitrogen and oxygen atoms in total. The number of aliphatic imine (C=N–C) groups is 1. The van der Waals surface area contributed by atoms with E-state index in [9.17, 15) is 4.39 Å². The van der Waals surface area contributed by atoms with E-state index in [1.165, 1.54) is 6.20 Å². The highest BCUT2D eigenvalue weighted by molar-refractivity contribution is 6.46. The molecule has 8 heteroatoms. The molecule has 1 aromatic heterocycles. The molecule has 0 aliphatic heterocycles. The Hall–Kier alpha value is -2.64. The minimum Gasteiger partial charge on any atom is -0.402 e. The molecule has 18 heavy (non-hydrogen) atoms. The molecular weight excluding hydrogens is 237 g/mol. The van der Waals surface area contributed by atoms with Crippen molar-refractivity contribution in [3.05, 3.63) is 35.7 Å². The van der Waals surface area contributed by atoms with Crippen LogP contribution in [0.25, 0.3) is 0 Å². The van der Waals surface area contributed by atoms with E-state index < -0.39 is 5.82 Å². The lowest BCUT2D eigenvalue weighted by molar-refractivity contribution is 0.621. The van der Waals surface area contributed by atoms with Crippen LogP contribution in [0.3, 0.4) is 0 Å². The van der Waals surface area contributed by atoms with Crippen molar-refractivity contribution in [3.63, 3.8) is 0 Å². The average molecular weight is 251 g/mol. The molecule has 0 radical (unpaired) electrons. The van der Waals surface area contributed by atoms with Crippen LogP contribution in [0.5, 0.6) is 0 Å². The van der Waals surface area contributed by atoms with Crippen LogP contribution in [0, 0.1) is 11.2 Å². The van der Waals surface area contributed by atoms with E-state index in [0.29, 0.717) is 0 Å². The Labute approximate surface area is 103 Å². The van der Waals surface area contributed by atoms with E-state index in [2.05, 4.69) is 15.3 Å². The largest absolute Gasteiger partial charge is 0.402 e. The maximum absolute atomic E-state index is 13.0. The summed E-state index contributed by atoms with van der Waals surface area (Å²) >= 11 is 0. The topological polar surface area (TPSA) is 139 Å². The zero-order chi connectivity index (χ0) is 13.7. The van der Waals surface area contributed by atoms with Gasteiger partial charge in [-0.25, -0.2) is 14.4 Å². The van der Waals surface area contributed by atoms with Gasteiger partial charge in [0.15, 0.2) is 5.84 Å². The number of rotatable bonds is 4. The van der Waals surface area contributed by atoms with Gasteiger partial charge in [-0.2, -0.15) is 0 Å². The maximum atomic E-state index is 13.0. The van der Waals surface area contributed by atoms with E-state index in [1.54, 1.807) is 7.05 Å². The van der Waals surface area contributed by atoms with Crippen molar-refractivity contribution in [2.75, 3.05) is 12.8 Å². The summed E-state index contributed by atoms with van der Waals surface area (Å²) in [6, 6.07) is 1.07. The minimum absolute atomic E-state index is 0.00212. The van der Waals surface area contributed by atoms with Gasteiger partial charge in [-0.1, -0.05) is 0 Å². The monoisotopic (exact) mass is 251 g/mol. The van der Waals surface area contributed by atoms with Crippen LogP contribution >= 0.6 is 0 Å². The molecule has 0 aliphatic carbocycles. The van der Waals surface area contributed by atoms with Crippen molar-refractivity contribution in [1.82, 2.24) is 10.3 Å². The third-order valence-electron chi connectivity index (χ3n) is 2.07. The molecule has 0 atom stereocenters. The fourth-order valence-corrected chi connectivity index (χ4v) is 1.15. The van der Waals surface area contributed by atoms with Gasteiger partial charge in [-0.05, 0) is 6.07 Å². The number of hydrogen-bond acceptors (Lipinski definition) is 6. The molecule has 0 aliphatic rings. The van der Waals surface area contributed by atoms with Crippen molar-refractivity contribution in [3.8, 4) is 0 Å². The number of nitrogens with one attached hydrogen (secondary N) is 2. The highest BCUT2D eigenvalue weighted by Gasteiger charge is 2.12. The van der Waals surface area contributed by atoms with Gasteiger partial charge in [-0.3, -0.25) is 5.41 Å². The number of nitrogens with zero attached hydrogens (tertiary/aromatic N) is 2. The molecular formula is C10H14FN7. The summed E-state index contributed by atoms with van der Waals surface area (Å²) in [7, 11) is 1.59. The lowest BCUT2D eigenvalue weighted by Gasteiger charge is -2.07. The van der Waals surface area contributed by atoms with Crippen LogP contribution in [0.15, 0.2) is 29.3 Å². The molecule has 0 fully saturated rings. The lowest BCUT2D eigenvalue weighted by atomic mass is 10.1. The molecule has 0 aromatic carbocycles. The number of aromatic nitrogens is 1. The zero-order valence-electron chi connectivity index (χ0n) is 9.74. The van der Waals surface area contributed by atoms with Gasteiger partial charge >= 0.3 is 0 Å². The first kappa shape index (κ1) is 13.4. The van der Waals surface area contributed by atoms with Crippen molar-refractivity contribution in [2.45, 2.75) is 0 Å². The maximum Gasteiger partial charge on any atom is 0.151 e. The van der Waals surface area contributed by atoms with E-state index in [-0.39, 0.29) is 28.7 Å². The first-order valence-electron chi connectivity index (χ1n) is 4.93. The third-order valence-corrected chi connectivity index (χ3v) is 2.07. The molecule has 0 bridgehead atoms. The Kier molecular flexibility index (Phi) is 4.19. The lowest BCUT2D eigenvalue weighted by Crippen LogP contribution is -2.26. The van der Waals surface area contributed by atoms with Gasteiger partial charge in [0.2, 0.25) is 0 Å². The third kappa shape index (κ3) is 2.94. The van der Waals surface area contributed by atoms with Crippen LogP contribution < -0.4 is 22.5 Å². The van der Waals surface area contributed by atoms with Crippen molar-refractivity contribution in [1.29, 1.82) is 5.41 Å². The number of anilines is 1. The van der Waals surface area contributed by atoms with Crippen molar-refractivity contribution < 1.29 is 4.39 Å². The van der Waals surface area contributed by atoms with Crippen molar-refractivity contribution in [2.24, 2.45) is 16.5 Å². The van der Waals surface area contributed by atoms with Crippen LogP contribution in [0.1, 0.15) is 5.56 Å². The van der Waals surface area contributed by atoms with Crippen LogP contribution in [-0.4, -0.2) is 23.6 Å². The van der Waals surface area contributed by atoms with Gasteiger partial charge in [0, 0.05) is 18.8 Å². The summed E-state index contributed by atoms with van der Waals surface area (Å²) in [5.74, 6) is -0.484. The quantitative estimate of drug-likeness (QED) is 0.363. The molecule has 0 unspecified atom stereocenters. The fraction of sp³-hybridized carbons (Fsp3) is 0.100. The van der Waals surface area contributed by atoms with Crippen LogP contribution in [0.2, 0.25) is 0 Å². The zero-order valence-corrected chi connectivity index (χ0v) is 9.74. The molecule has 96 valence electrons. The first-order chi connectivity index (χ1) is 8.49. The predicted octanol–water partition coefficient (Wildman–Crippen LogP) is -0.495. The molecule has 1 aromatic rings. The molecule has 0 spiro atoms. The summed E-state index contributed by atoms with van der Waals surface area (Å²) in [4.78, 5) is 7.45. The Bertz CT molecular complexity index is 521. The van der Waals surface area contributed by atoms with Crippen LogP contribution in [-0.2, 0) is 0 Å². The number of nitrogen functional groups attached to an aromatic ring is 1. The molecule has 0 amide bonds. The summed E-state index contributed by atoms with van der Waals surface area (Å²) in [6.07, 6.45) is 2.14. The standard InChI is InChI=1S/C10H14FN7/c1-16-7(3-12)18-10(15)8(13)6-2-5(11)4-17-9(6)14/h2-4,13,16H,12H2,1H3,(H2,14,17)(H2,15,18)/b7-3-,13-8?. The second-order valence-corrected chi connectivity index (χ2v) is 3.26. The molecule has 0 saturated carbocycles. The normalized spacial score (nSPS) is 12.3. The van der Waals surface area contributed by atoms with Gasteiger partial charge < -0.3 is 22.5 Å². The van der Waals surface area contributed by atoms with Crippen LogP contribution in [0.4, 0.5) is 10.2 Å². The number of amidine groups is 1. The average Bonchev–Trinajstić information content (AvgIpc) is 2.37. The first-order valence-corrected chi connectivity index (χ1v) is 4.93. The van der Waals surface area contributed by atoms with E-state index in [4.69, 9.17) is 22.6 Å². The summed E-state index contributed by atoms with van der Waals surface area (Å²) in [6.45, 7) is 0. The van der Waals surface area contributed by atoms with Gasteiger partial charge in [0.25, 0.3) is 0 Å². The number of pyridine rings is 1. The SMILES string of the molecule is CNC(=C/N)/N=C(\N)C(=N)c1cc(F)cnc1N. The second-order valence-electron chi connectivity index (χ2n) is 3.26. The van der Waals surface area contributed by atoms with E-state index >= 15 is 0 Å². The molecule has 0 saturated heterocycles. The fourth-order valence-electron chi connectivity index (χ4n) is 1.15. The Morgan fingerprint density at radius 2 is 2.28 bits per heavy atom. The van der Waals surface area contributed by atoms with Gasteiger partial charge in [0.1, 0.15) is 23.2 Å². The number of nitrogens with two attached hydrogens (primary N) is 3. The second kappa shape index (κ2) is 5.62. The summed E-state index contributed by atoms with van der Waals surface area (Å²) in [5, 5.41) is 10.4. The summed E-state index contributed by atoms with van der Waals surface area (Å²) in [5.41, 5.74) is 16.3. The Balaban J connectivity index is 3.11. The molecule has 1 rings (SSSR count). The predicted molar refractivity (Wildman–Crippen MR) is 68.4 cm³/mol. The Morgan fingerprint density at radius 3 is 2.83 bits per heavy atom. The van der Waals surface area contributed by atoms with Gasteiger partial charge in [-0.15, -0.1) is 0 Å². The summed E-state index contributed by atoms with van der Waals surface area (Å²) < 4.78 is 13.0. The molecule has 1 heterocycles. The van der Waals surface area contributed by atoms with Crippen molar-refractivity contribution >= 4 is 17.4 Å². The van der Waals surface area contributed by atoms with E-state index in [0.717, 1.165) is 12.3 Å².